The van der Waals surface area contributed by atoms with Gasteiger partial charge in [0, 0.05) is 5.69 Å². The molecule has 0 unspecified atom stereocenters. The molecule has 0 fully saturated rings. The first-order chi connectivity index (χ1) is 12.5. The second-order valence-corrected chi connectivity index (χ2v) is 5.83. The summed E-state index contributed by atoms with van der Waals surface area (Å²) >= 11 is 11.3. The third-order valence-corrected chi connectivity index (χ3v) is 3.71. The summed E-state index contributed by atoms with van der Waals surface area (Å²) in [6, 6.07) is 11.1. The highest BCUT2D eigenvalue weighted by molar-refractivity contribution is 7.80. The highest BCUT2D eigenvalue weighted by Crippen LogP contribution is 2.26. The van der Waals surface area contributed by atoms with E-state index >= 15 is 0 Å². The maximum absolute atomic E-state index is 12.0. The van der Waals surface area contributed by atoms with Crippen molar-refractivity contribution in [3.05, 3.63) is 71.5 Å². The Hall–Kier alpha value is -3.10. The number of rotatable bonds is 4. The molecule has 0 radical (unpaired) electrons. The Labute approximate surface area is 158 Å². The number of hydrogen-bond acceptors (Lipinski definition) is 5. The van der Waals surface area contributed by atoms with Crippen LogP contribution < -0.4 is 16.0 Å². The number of carbonyl (C=O) groups excluding carboxylic acids is 2. The molecule has 0 saturated heterocycles. The number of nitrogens with one attached hydrogen (secondary N) is 3. The van der Waals surface area contributed by atoms with Gasteiger partial charge >= 0.3 is 0 Å². The van der Waals surface area contributed by atoms with Crippen molar-refractivity contribution in [3.63, 3.8) is 0 Å². The molecule has 0 atom stereocenters. The predicted molar refractivity (Wildman–Crippen MR) is 101 cm³/mol. The first-order valence-corrected chi connectivity index (χ1v) is 8.12. The topological polar surface area (TPSA) is 96.5 Å². The summed E-state index contributed by atoms with van der Waals surface area (Å²) < 4.78 is 10.00. The van der Waals surface area contributed by atoms with E-state index < -0.39 is 11.8 Å². The van der Waals surface area contributed by atoms with Crippen LogP contribution in [0.3, 0.4) is 0 Å². The van der Waals surface area contributed by atoms with Crippen LogP contribution in [0.2, 0.25) is 5.02 Å². The minimum atomic E-state index is -0.471. The summed E-state index contributed by atoms with van der Waals surface area (Å²) in [6.45, 7) is 0. The fourth-order valence-corrected chi connectivity index (χ4v) is 2.46. The molecular weight excluding hydrogens is 378 g/mol. The fourth-order valence-electron chi connectivity index (χ4n) is 2.02. The van der Waals surface area contributed by atoms with E-state index in [0.29, 0.717) is 11.4 Å². The minimum absolute atomic E-state index is 0.0786. The minimum Gasteiger partial charge on any atom is -0.459 e. The monoisotopic (exact) mass is 389 g/mol. The lowest BCUT2D eigenvalue weighted by Gasteiger charge is -2.11. The van der Waals surface area contributed by atoms with Gasteiger partial charge in [0.15, 0.2) is 16.6 Å². The highest BCUT2D eigenvalue weighted by Gasteiger charge is 2.13. The number of furan rings is 2. The number of benzene rings is 1. The lowest BCUT2D eigenvalue weighted by molar-refractivity contribution is 0.0949. The quantitative estimate of drug-likeness (QED) is 0.585. The second kappa shape index (κ2) is 7.85. The van der Waals surface area contributed by atoms with Crippen molar-refractivity contribution in [1.29, 1.82) is 0 Å². The largest absolute Gasteiger partial charge is 0.459 e. The molecule has 0 bridgehead atoms. The molecule has 2 heterocycles. The Morgan fingerprint density at radius 3 is 2.15 bits per heavy atom. The van der Waals surface area contributed by atoms with Crippen LogP contribution >= 0.6 is 23.8 Å². The average Bonchev–Trinajstić information content (AvgIpc) is 3.30. The van der Waals surface area contributed by atoms with Gasteiger partial charge in [0.1, 0.15) is 0 Å². The lowest BCUT2D eigenvalue weighted by atomic mass is 10.2. The molecule has 26 heavy (non-hydrogen) atoms. The number of halogens is 1. The van der Waals surface area contributed by atoms with Gasteiger partial charge in [-0.2, -0.15) is 0 Å². The highest BCUT2D eigenvalue weighted by atomic mass is 35.5. The summed E-state index contributed by atoms with van der Waals surface area (Å²) in [6.07, 6.45) is 2.79. The van der Waals surface area contributed by atoms with Crippen LogP contribution in [0, 0.1) is 0 Å². The van der Waals surface area contributed by atoms with E-state index in [4.69, 9.17) is 32.7 Å². The average molecular weight is 390 g/mol. The van der Waals surface area contributed by atoms with Crippen molar-refractivity contribution in [1.82, 2.24) is 5.32 Å². The molecule has 3 N–H and O–H groups in total. The van der Waals surface area contributed by atoms with Gasteiger partial charge in [0.25, 0.3) is 11.8 Å². The van der Waals surface area contributed by atoms with Crippen LogP contribution in [0.1, 0.15) is 21.1 Å². The SMILES string of the molecule is O=C(NC(=S)Nc1ccc(NC(=O)c2ccco2)c(Cl)c1)c1ccco1. The maximum Gasteiger partial charge on any atom is 0.293 e. The Morgan fingerprint density at radius 1 is 0.923 bits per heavy atom. The van der Waals surface area contributed by atoms with Gasteiger partial charge in [0.05, 0.1) is 23.2 Å². The summed E-state index contributed by atoms with van der Waals surface area (Å²) in [5.74, 6) is -0.576. The molecule has 132 valence electrons. The van der Waals surface area contributed by atoms with E-state index in [9.17, 15) is 9.59 Å². The molecule has 7 nitrogen and oxygen atoms in total. The van der Waals surface area contributed by atoms with Crippen molar-refractivity contribution >= 4 is 52.1 Å². The van der Waals surface area contributed by atoms with Crippen LogP contribution in [-0.4, -0.2) is 16.9 Å². The second-order valence-electron chi connectivity index (χ2n) is 5.01. The molecule has 2 aromatic heterocycles. The zero-order valence-corrected chi connectivity index (χ0v) is 14.7. The zero-order chi connectivity index (χ0) is 18.5. The van der Waals surface area contributed by atoms with Crippen LogP contribution in [0.5, 0.6) is 0 Å². The molecule has 1 aromatic carbocycles. The predicted octanol–water partition coefficient (Wildman–Crippen LogP) is 3.91. The number of thiocarbonyl (C=S) groups is 1. The van der Waals surface area contributed by atoms with Gasteiger partial charge in [-0.25, -0.2) is 0 Å². The molecule has 3 rings (SSSR count). The molecule has 2 amide bonds. The zero-order valence-electron chi connectivity index (χ0n) is 13.1. The number of hydrogen-bond donors (Lipinski definition) is 3. The Bertz CT molecular complexity index is 939. The maximum atomic E-state index is 12.0. The van der Waals surface area contributed by atoms with Crippen molar-refractivity contribution in [2.45, 2.75) is 0 Å². The molecule has 0 aliphatic heterocycles. The molecule has 0 aliphatic rings. The van der Waals surface area contributed by atoms with Gasteiger partial charge in [0.2, 0.25) is 0 Å². The van der Waals surface area contributed by atoms with Crippen molar-refractivity contribution in [2.75, 3.05) is 10.6 Å². The third-order valence-electron chi connectivity index (χ3n) is 3.19. The van der Waals surface area contributed by atoms with Crippen molar-refractivity contribution in [2.24, 2.45) is 0 Å². The number of carbonyl (C=O) groups is 2. The van der Waals surface area contributed by atoms with Crippen molar-refractivity contribution < 1.29 is 18.4 Å². The molecule has 3 aromatic rings. The third kappa shape index (κ3) is 4.29. The van der Waals surface area contributed by atoms with Crippen LogP contribution in [0.15, 0.2) is 63.8 Å². The molecule has 9 heteroatoms. The van der Waals surface area contributed by atoms with Gasteiger partial charge in [-0.1, -0.05) is 11.6 Å². The first-order valence-electron chi connectivity index (χ1n) is 7.33. The van der Waals surface area contributed by atoms with E-state index in [2.05, 4.69) is 16.0 Å². The molecular formula is C17H12ClN3O4S. The normalized spacial score (nSPS) is 10.2. The molecule has 0 saturated carbocycles. The Morgan fingerprint density at radius 2 is 1.58 bits per heavy atom. The fraction of sp³-hybridized carbons (Fsp3) is 0. The van der Waals surface area contributed by atoms with Crippen molar-refractivity contribution in [3.8, 4) is 0 Å². The summed E-state index contributed by atoms with van der Waals surface area (Å²) in [5.41, 5.74) is 0.944. The van der Waals surface area contributed by atoms with E-state index in [-0.39, 0.29) is 21.7 Å². The Balaban J connectivity index is 1.61. The summed E-state index contributed by atoms with van der Waals surface area (Å²) in [5, 5.41) is 8.31. The van der Waals surface area contributed by atoms with E-state index in [0.717, 1.165) is 0 Å². The van der Waals surface area contributed by atoms with E-state index in [1.807, 2.05) is 0 Å². The lowest BCUT2D eigenvalue weighted by Crippen LogP contribution is -2.33. The molecule has 0 aliphatic carbocycles. The van der Waals surface area contributed by atoms with E-state index in [1.54, 1.807) is 36.4 Å². The number of amides is 2. The van der Waals surface area contributed by atoms with Gasteiger partial charge in [-0.3, -0.25) is 14.9 Å². The first kappa shape index (κ1) is 17.7. The standard InChI is InChI=1S/C17H12ClN3O4S/c18-11-9-10(19-17(26)21-16(23)14-4-2-8-25-14)5-6-12(11)20-15(22)13-3-1-7-24-13/h1-9H,(H,20,22)(H2,19,21,23,26). The smallest absolute Gasteiger partial charge is 0.293 e. The van der Waals surface area contributed by atoms with Gasteiger partial charge in [-0.05, 0) is 54.7 Å². The van der Waals surface area contributed by atoms with Crippen LogP contribution in [-0.2, 0) is 0 Å². The summed E-state index contributed by atoms with van der Waals surface area (Å²) in [4.78, 5) is 23.8. The number of anilines is 2. The molecule has 0 spiro atoms. The van der Waals surface area contributed by atoms with E-state index in [1.165, 1.54) is 18.6 Å². The van der Waals surface area contributed by atoms with Crippen LogP contribution in [0.25, 0.3) is 0 Å². The van der Waals surface area contributed by atoms with Gasteiger partial charge < -0.3 is 19.5 Å². The van der Waals surface area contributed by atoms with Gasteiger partial charge in [-0.15, -0.1) is 0 Å². The van der Waals surface area contributed by atoms with Crippen LogP contribution in [0.4, 0.5) is 11.4 Å². The Kier molecular flexibility index (Phi) is 5.35. The summed E-state index contributed by atoms with van der Waals surface area (Å²) in [7, 11) is 0.